The van der Waals surface area contributed by atoms with Crippen molar-refractivity contribution in [1.82, 2.24) is 0 Å². The summed E-state index contributed by atoms with van der Waals surface area (Å²) in [6.07, 6.45) is 1.00. The Morgan fingerprint density at radius 1 is 0.710 bits per heavy atom. The number of hydrogen-bond donors (Lipinski definition) is 1. The lowest BCUT2D eigenvalue weighted by molar-refractivity contribution is -0.0623. The second-order valence-electron chi connectivity index (χ2n) is 7.10. The molecule has 1 aliphatic heterocycles. The van der Waals surface area contributed by atoms with E-state index in [0.717, 1.165) is 6.42 Å². The smallest absolute Gasteiger partial charge is 0.203 e. The van der Waals surface area contributed by atoms with Gasteiger partial charge in [-0.05, 0) is 48.2 Å². The second-order valence-corrected chi connectivity index (χ2v) is 7.10. The van der Waals surface area contributed by atoms with Crippen molar-refractivity contribution in [3.8, 4) is 34.5 Å². The number of hydrogen-bond acceptors (Lipinski definition) is 8. The summed E-state index contributed by atoms with van der Waals surface area (Å²) in [5, 5.41) is 12.2. The normalized spacial score (nSPS) is 16.0. The van der Waals surface area contributed by atoms with Gasteiger partial charge in [0.05, 0.1) is 48.8 Å². The zero-order valence-corrected chi connectivity index (χ0v) is 18.8. The Hall–Kier alpha value is -2.84. The summed E-state index contributed by atoms with van der Waals surface area (Å²) in [4.78, 5) is 0. The molecular weight excluding hydrogens is 404 g/mol. The van der Waals surface area contributed by atoms with Gasteiger partial charge in [0.15, 0.2) is 23.0 Å². The standard InChI is InChI=1S/C23H30O8/c1-25-16-10-14(11-17(26-2)21(16)29-5)23(24,20-8-7-9-31-20)15-12-18(27-3)22(30-6)19(13-15)28-4/h10-13,20,24H,7-9H2,1-6H3. The first kappa shape index (κ1) is 22.8. The van der Waals surface area contributed by atoms with E-state index in [1.54, 1.807) is 24.3 Å². The van der Waals surface area contributed by atoms with Crippen molar-refractivity contribution in [2.75, 3.05) is 49.3 Å². The van der Waals surface area contributed by atoms with Gasteiger partial charge in [-0.15, -0.1) is 0 Å². The Kier molecular flexibility index (Phi) is 7.02. The van der Waals surface area contributed by atoms with E-state index in [4.69, 9.17) is 33.2 Å². The molecule has 0 radical (unpaired) electrons. The molecular formula is C23H30O8. The fourth-order valence-electron chi connectivity index (χ4n) is 4.05. The van der Waals surface area contributed by atoms with E-state index in [2.05, 4.69) is 0 Å². The highest BCUT2D eigenvalue weighted by atomic mass is 16.5. The Balaban J connectivity index is 2.30. The first-order valence-electron chi connectivity index (χ1n) is 9.93. The van der Waals surface area contributed by atoms with E-state index in [1.165, 1.54) is 42.7 Å². The summed E-state index contributed by atoms with van der Waals surface area (Å²) in [5.41, 5.74) is -0.484. The van der Waals surface area contributed by atoms with Crippen molar-refractivity contribution >= 4 is 0 Å². The highest BCUT2D eigenvalue weighted by Crippen LogP contribution is 2.49. The number of methoxy groups -OCH3 is 6. The monoisotopic (exact) mass is 434 g/mol. The molecule has 1 unspecified atom stereocenters. The molecule has 1 saturated heterocycles. The topological polar surface area (TPSA) is 84.8 Å². The van der Waals surface area contributed by atoms with Crippen LogP contribution in [-0.2, 0) is 10.3 Å². The maximum absolute atomic E-state index is 12.2. The van der Waals surface area contributed by atoms with Crippen LogP contribution >= 0.6 is 0 Å². The van der Waals surface area contributed by atoms with Gasteiger partial charge in [-0.2, -0.15) is 0 Å². The third-order valence-electron chi connectivity index (χ3n) is 5.61. The minimum atomic E-state index is -1.55. The Labute approximate surface area is 182 Å². The molecule has 31 heavy (non-hydrogen) atoms. The van der Waals surface area contributed by atoms with Gasteiger partial charge in [0, 0.05) is 6.61 Å². The van der Waals surface area contributed by atoms with E-state index < -0.39 is 11.7 Å². The minimum Gasteiger partial charge on any atom is -0.493 e. The van der Waals surface area contributed by atoms with Crippen molar-refractivity contribution in [3.05, 3.63) is 35.4 Å². The molecule has 8 nitrogen and oxygen atoms in total. The lowest BCUT2D eigenvalue weighted by Crippen LogP contribution is -2.40. The number of aliphatic hydroxyl groups is 1. The van der Waals surface area contributed by atoms with E-state index in [-0.39, 0.29) is 0 Å². The quantitative estimate of drug-likeness (QED) is 0.644. The molecule has 0 aliphatic carbocycles. The van der Waals surface area contributed by atoms with Crippen LogP contribution in [0, 0.1) is 0 Å². The van der Waals surface area contributed by atoms with Crippen LogP contribution in [0.15, 0.2) is 24.3 Å². The second kappa shape index (κ2) is 9.53. The van der Waals surface area contributed by atoms with Crippen LogP contribution in [0.1, 0.15) is 24.0 Å². The van der Waals surface area contributed by atoms with Crippen LogP contribution in [0.25, 0.3) is 0 Å². The average Bonchev–Trinajstić information content (AvgIpc) is 3.36. The molecule has 1 heterocycles. The van der Waals surface area contributed by atoms with E-state index in [1.807, 2.05) is 0 Å². The molecule has 0 aromatic heterocycles. The maximum atomic E-state index is 12.2. The summed E-state index contributed by atoms with van der Waals surface area (Å²) >= 11 is 0. The number of benzene rings is 2. The first-order valence-corrected chi connectivity index (χ1v) is 9.93. The number of ether oxygens (including phenoxy) is 7. The predicted octanol–water partition coefficient (Wildman–Crippen LogP) is 3.15. The average molecular weight is 434 g/mol. The van der Waals surface area contributed by atoms with Crippen molar-refractivity contribution in [2.45, 2.75) is 24.5 Å². The van der Waals surface area contributed by atoms with Gasteiger partial charge >= 0.3 is 0 Å². The molecule has 0 amide bonds. The maximum Gasteiger partial charge on any atom is 0.203 e. The molecule has 0 spiro atoms. The van der Waals surface area contributed by atoms with E-state index >= 15 is 0 Å². The lowest BCUT2D eigenvalue weighted by Gasteiger charge is -2.35. The molecule has 3 rings (SSSR count). The van der Waals surface area contributed by atoms with Gasteiger partial charge < -0.3 is 38.3 Å². The highest BCUT2D eigenvalue weighted by molar-refractivity contribution is 5.60. The molecule has 1 N–H and O–H groups in total. The van der Waals surface area contributed by atoms with Crippen LogP contribution < -0.4 is 28.4 Å². The van der Waals surface area contributed by atoms with Crippen LogP contribution in [0.3, 0.4) is 0 Å². The molecule has 1 fully saturated rings. The molecule has 1 atom stereocenters. The molecule has 0 saturated carbocycles. The van der Waals surface area contributed by atoms with Gasteiger partial charge in [0.1, 0.15) is 5.60 Å². The molecule has 1 aliphatic rings. The summed E-state index contributed by atoms with van der Waals surface area (Å²) < 4.78 is 38.9. The van der Waals surface area contributed by atoms with Gasteiger partial charge in [0.25, 0.3) is 0 Å². The van der Waals surface area contributed by atoms with Gasteiger partial charge in [-0.25, -0.2) is 0 Å². The summed E-state index contributed by atoms with van der Waals surface area (Å²) in [5.74, 6) is 2.60. The lowest BCUT2D eigenvalue weighted by atomic mass is 9.80. The molecule has 0 bridgehead atoms. The van der Waals surface area contributed by atoms with Gasteiger partial charge in [-0.3, -0.25) is 0 Å². The fourth-order valence-corrected chi connectivity index (χ4v) is 4.05. The molecule has 2 aromatic carbocycles. The molecule has 2 aromatic rings. The van der Waals surface area contributed by atoms with Crippen molar-refractivity contribution in [1.29, 1.82) is 0 Å². The number of rotatable bonds is 9. The molecule has 170 valence electrons. The van der Waals surface area contributed by atoms with Gasteiger partial charge in [-0.1, -0.05) is 0 Å². The zero-order chi connectivity index (χ0) is 22.6. The van der Waals surface area contributed by atoms with Crippen molar-refractivity contribution in [3.63, 3.8) is 0 Å². The fraction of sp³-hybridized carbons (Fsp3) is 0.478. The SMILES string of the molecule is COc1cc(C(O)(c2cc(OC)c(OC)c(OC)c2)C2CCCO2)cc(OC)c1OC. The molecule has 8 heteroatoms. The summed E-state index contributed by atoms with van der Waals surface area (Å²) in [6.45, 7) is 0.557. The third kappa shape index (κ3) is 3.93. The van der Waals surface area contributed by atoms with Crippen molar-refractivity contribution in [2.24, 2.45) is 0 Å². The van der Waals surface area contributed by atoms with Gasteiger partial charge in [0.2, 0.25) is 11.5 Å². The third-order valence-corrected chi connectivity index (χ3v) is 5.61. The van der Waals surface area contributed by atoms with Crippen molar-refractivity contribution < 1.29 is 38.3 Å². The summed E-state index contributed by atoms with van der Waals surface area (Å²) in [7, 11) is 9.20. The Bertz CT molecular complexity index is 791. The Morgan fingerprint density at radius 3 is 1.35 bits per heavy atom. The minimum absolute atomic E-state index is 0.431. The van der Waals surface area contributed by atoms with Crippen LogP contribution in [0.5, 0.6) is 34.5 Å². The van der Waals surface area contributed by atoms with Crippen LogP contribution in [-0.4, -0.2) is 60.5 Å². The highest BCUT2D eigenvalue weighted by Gasteiger charge is 2.45. The van der Waals surface area contributed by atoms with Crippen LogP contribution in [0.4, 0.5) is 0 Å². The first-order chi connectivity index (χ1) is 15.0. The van der Waals surface area contributed by atoms with E-state index in [9.17, 15) is 5.11 Å². The van der Waals surface area contributed by atoms with E-state index in [0.29, 0.717) is 58.7 Å². The zero-order valence-electron chi connectivity index (χ0n) is 18.8. The summed E-state index contributed by atoms with van der Waals surface area (Å²) in [6, 6.07) is 6.91. The largest absolute Gasteiger partial charge is 0.493 e. The van der Waals surface area contributed by atoms with Crippen LogP contribution in [0.2, 0.25) is 0 Å². The predicted molar refractivity (Wildman–Crippen MR) is 114 cm³/mol. The Morgan fingerprint density at radius 2 is 1.10 bits per heavy atom.